The van der Waals surface area contributed by atoms with Gasteiger partial charge in [-0.3, -0.25) is 0 Å². The largest absolute Gasteiger partial charge is 0.492 e. The second kappa shape index (κ2) is 3.66. The highest BCUT2D eigenvalue weighted by Crippen LogP contribution is 2.29. The predicted octanol–water partition coefficient (Wildman–Crippen LogP) is 1.69. The molecule has 1 aromatic rings. The summed E-state index contributed by atoms with van der Waals surface area (Å²) in [6.45, 7) is 0.647. The van der Waals surface area contributed by atoms with Crippen molar-refractivity contribution < 1.29 is 14.6 Å². The lowest BCUT2D eigenvalue weighted by molar-refractivity contribution is 0.0696. The van der Waals surface area contributed by atoms with E-state index in [4.69, 9.17) is 16.3 Å². The average Bonchev–Trinajstić information content (AvgIpc) is 2.27. The third kappa shape index (κ3) is 1.66. The lowest BCUT2D eigenvalue weighted by Crippen LogP contribution is -2.11. The summed E-state index contributed by atoms with van der Waals surface area (Å²) in [6.07, 6.45) is 7.05. The van der Waals surface area contributed by atoms with Gasteiger partial charge in [-0.25, -0.2) is 4.79 Å². The van der Waals surface area contributed by atoms with Crippen molar-refractivity contribution in [3.05, 3.63) is 28.8 Å². The molecule has 1 aliphatic rings. The molecule has 0 aliphatic carbocycles. The zero-order valence-electron chi connectivity index (χ0n) is 8.12. The van der Waals surface area contributed by atoms with Crippen LogP contribution in [0.2, 0.25) is 0 Å². The Balaban J connectivity index is 2.59. The Hall–Kier alpha value is -1.95. The minimum absolute atomic E-state index is 0.229. The van der Waals surface area contributed by atoms with Crippen LogP contribution in [0.4, 0.5) is 0 Å². The molecule has 15 heavy (non-hydrogen) atoms. The number of hydrogen-bond acceptors (Lipinski definition) is 2. The zero-order chi connectivity index (χ0) is 10.8. The van der Waals surface area contributed by atoms with Crippen LogP contribution in [-0.2, 0) is 6.42 Å². The van der Waals surface area contributed by atoms with Gasteiger partial charge in [-0.2, -0.15) is 0 Å². The van der Waals surface area contributed by atoms with E-state index < -0.39 is 5.97 Å². The number of hydrogen-bond donors (Lipinski definition) is 1. The van der Waals surface area contributed by atoms with Crippen LogP contribution in [0.5, 0.6) is 5.75 Å². The number of carboxylic acid groups (broad SMARTS) is 1. The molecule has 0 saturated carbocycles. The summed E-state index contributed by atoms with van der Waals surface area (Å²) in [4.78, 5) is 10.8. The standard InChI is InChI=1S/C12H10O3/c1-2-8-6-10(12(13)14)7-9-4-3-5-15-11(8)9/h1,6-7H,3-5H2,(H,13,14). The summed E-state index contributed by atoms with van der Waals surface area (Å²) in [5.74, 6) is 2.18. The first-order valence-electron chi connectivity index (χ1n) is 4.72. The van der Waals surface area contributed by atoms with E-state index in [9.17, 15) is 4.79 Å². The van der Waals surface area contributed by atoms with Crippen molar-refractivity contribution in [2.75, 3.05) is 6.61 Å². The lowest BCUT2D eigenvalue weighted by atomic mass is 9.99. The van der Waals surface area contributed by atoms with Gasteiger partial charge in [0, 0.05) is 0 Å². The zero-order valence-corrected chi connectivity index (χ0v) is 8.12. The maximum atomic E-state index is 10.8. The molecule has 0 saturated heterocycles. The fourth-order valence-corrected chi connectivity index (χ4v) is 1.71. The molecule has 0 amide bonds. The molecule has 0 atom stereocenters. The molecule has 0 fully saturated rings. The summed E-state index contributed by atoms with van der Waals surface area (Å²) in [5, 5.41) is 8.90. The van der Waals surface area contributed by atoms with E-state index in [2.05, 4.69) is 5.92 Å². The molecule has 0 radical (unpaired) electrons. The molecule has 3 nitrogen and oxygen atoms in total. The van der Waals surface area contributed by atoms with Gasteiger partial charge >= 0.3 is 5.97 Å². The number of aromatic carboxylic acids is 1. The van der Waals surface area contributed by atoms with Gasteiger partial charge in [-0.1, -0.05) is 5.92 Å². The monoisotopic (exact) mass is 202 g/mol. The van der Waals surface area contributed by atoms with Gasteiger partial charge in [0.25, 0.3) is 0 Å². The van der Waals surface area contributed by atoms with E-state index in [-0.39, 0.29) is 5.56 Å². The average molecular weight is 202 g/mol. The van der Waals surface area contributed by atoms with Gasteiger partial charge in [-0.15, -0.1) is 6.42 Å². The fourth-order valence-electron chi connectivity index (χ4n) is 1.71. The Bertz CT molecular complexity index is 455. The molecule has 0 bridgehead atoms. The highest BCUT2D eigenvalue weighted by Gasteiger charge is 2.17. The van der Waals surface area contributed by atoms with Gasteiger partial charge < -0.3 is 9.84 Å². The topological polar surface area (TPSA) is 46.5 Å². The molecular formula is C12H10O3. The van der Waals surface area contributed by atoms with Crippen molar-refractivity contribution in [1.29, 1.82) is 0 Å². The number of fused-ring (bicyclic) bond motifs is 1. The number of rotatable bonds is 1. The fraction of sp³-hybridized carbons (Fsp3) is 0.250. The van der Waals surface area contributed by atoms with Crippen LogP contribution in [0.1, 0.15) is 27.9 Å². The Labute approximate surface area is 87.7 Å². The van der Waals surface area contributed by atoms with Gasteiger partial charge in [0.1, 0.15) is 5.75 Å². The van der Waals surface area contributed by atoms with Crippen LogP contribution in [0.3, 0.4) is 0 Å². The van der Waals surface area contributed by atoms with E-state index in [1.807, 2.05) is 0 Å². The van der Waals surface area contributed by atoms with Crippen molar-refractivity contribution in [2.24, 2.45) is 0 Å². The number of aryl methyl sites for hydroxylation is 1. The molecule has 1 aliphatic heterocycles. The van der Waals surface area contributed by atoms with Crippen molar-refractivity contribution in [2.45, 2.75) is 12.8 Å². The second-order valence-corrected chi connectivity index (χ2v) is 3.41. The van der Waals surface area contributed by atoms with Crippen LogP contribution in [0, 0.1) is 12.3 Å². The van der Waals surface area contributed by atoms with Crippen LogP contribution in [0.15, 0.2) is 12.1 Å². The first-order chi connectivity index (χ1) is 7.22. The molecule has 0 spiro atoms. The maximum Gasteiger partial charge on any atom is 0.335 e. The lowest BCUT2D eigenvalue weighted by Gasteiger charge is -2.19. The first-order valence-corrected chi connectivity index (χ1v) is 4.72. The number of carbonyl (C=O) groups is 1. The minimum atomic E-state index is -0.958. The van der Waals surface area contributed by atoms with Gasteiger partial charge in [-0.05, 0) is 30.5 Å². The molecule has 1 N–H and O–H groups in total. The van der Waals surface area contributed by atoms with Crippen LogP contribution in [-0.4, -0.2) is 17.7 Å². The van der Waals surface area contributed by atoms with Gasteiger partial charge in [0.2, 0.25) is 0 Å². The van der Waals surface area contributed by atoms with Crippen molar-refractivity contribution in [3.63, 3.8) is 0 Å². The maximum absolute atomic E-state index is 10.8. The molecule has 1 heterocycles. The quantitative estimate of drug-likeness (QED) is 0.705. The highest BCUT2D eigenvalue weighted by atomic mass is 16.5. The Kier molecular flexibility index (Phi) is 2.34. The number of benzene rings is 1. The van der Waals surface area contributed by atoms with E-state index in [0.717, 1.165) is 18.4 Å². The predicted molar refractivity (Wildman–Crippen MR) is 55.2 cm³/mol. The molecule has 76 valence electrons. The summed E-state index contributed by atoms with van der Waals surface area (Å²) in [6, 6.07) is 3.12. The molecule has 2 rings (SSSR count). The Morgan fingerprint density at radius 3 is 3.00 bits per heavy atom. The molecule has 3 heteroatoms. The van der Waals surface area contributed by atoms with Crippen LogP contribution in [0.25, 0.3) is 0 Å². The number of terminal acetylenes is 1. The summed E-state index contributed by atoms with van der Waals surface area (Å²) < 4.78 is 5.44. The van der Waals surface area contributed by atoms with Crippen molar-refractivity contribution in [3.8, 4) is 18.1 Å². The third-order valence-corrected chi connectivity index (χ3v) is 2.41. The molecule has 1 aromatic carbocycles. The van der Waals surface area contributed by atoms with Crippen LogP contribution >= 0.6 is 0 Å². The summed E-state index contributed by atoms with van der Waals surface area (Å²) in [5.41, 5.74) is 1.66. The third-order valence-electron chi connectivity index (χ3n) is 2.41. The van der Waals surface area contributed by atoms with Crippen LogP contribution < -0.4 is 4.74 Å². The molecule has 0 aromatic heterocycles. The van der Waals surface area contributed by atoms with E-state index in [1.165, 1.54) is 6.07 Å². The minimum Gasteiger partial charge on any atom is -0.492 e. The Morgan fingerprint density at radius 2 is 2.33 bits per heavy atom. The van der Waals surface area contributed by atoms with E-state index in [1.54, 1.807) is 6.07 Å². The molecular weight excluding hydrogens is 192 g/mol. The number of ether oxygens (including phenoxy) is 1. The normalized spacial score (nSPS) is 13.5. The van der Waals surface area contributed by atoms with E-state index >= 15 is 0 Å². The van der Waals surface area contributed by atoms with Gasteiger partial charge in [0.05, 0.1) is 17.7 Å². The SMILES string of the molecule is C#Cc1cc(C(=O)O)cc2c1OCCC2. The summed E-state index contributed by atoms with van der Waals surface area (Å²) in [7, 11) is 0. The van der Waals surface area contributed by atoms with E-state index in [0.29, 0.717) is 17.9 Å². The highest BCUT2D eigenvalue weighted by molar-refractivity contribution is 5.89. The summed E-state index contributed by atoms with van der Waals surface area (Å²) >= 11 is 0. The van der Waals surface area contributed by atoms with Gasteiger partial charge in [0.15, 0.2) is 0 Å². The molecule has 0 unspecified atom stereocenters. The van der Waals surface area contributed by atoms with Crippen molar-refractivity contribution in [1.82, 2.24) is 0 Å². The van der Waals surface area contributed by atoms with Crippen molar-refractivity contribution >= 4 is 5.97 Å². The smallest absolute Gasteiger partial charge is 0.335 e. The second-order valence-electron chi connectivity index (χ2n) is 3.41. The Morgan fingerprint density at radius 1 is 1.53 bits per heavy atom. The first kappa shape index (κ1) is 9.60. The number of carboxylic acids is 1.